The predicted octanol–water partition coefficient (Wildman–Crippen LogP) is 1.13. The van der Waals surface area contributed by atoms with E-state index in [-0.39, 0.29) is 12.2 Å². The van der Waals surface area contributed by atoms with Gasteiger partial charge in [-0.2, -0.15) is 0 Å². The van der Waals surface area contributed by atoms with Gasteiger partial charge in [0, 0.05) is 25.0 Å². The molecule has 5 N–H and O–H groups in total. The number of aliphatic hydroxyl groups is 1. The summed E-state index contributed by atoms with van der Waals surface area (Å²) in [5, 5.41) is 28.1. The molecule has 0 aliphatic carbocycles. The van der Waals surface area contributed by atoms with Crippen LogP contribution in [0.15, 0.2) is 24.3 Å². The second-order valence-corrected chi connectivity index (χ2v) is 10.5. The zero-order chi connectivity index (χ0) is 32.5. The van der Waals surface area contributed by atoms with E-state index in [0.717, 1.165) is 6.92 Å². The number of phenols is 1. The van der Waals surface area contributed by atoms with E-state index in [1.807, 2.05) is 0 Å². The van der Waals surface area contributed by atoms with Crippen molar-refractivity contribution in [2.24, 2.45) is 5.92 Å². The first-order valence-corrected chi connectivity index (χ1v) is 13.4. The summed E-state index contributed by atoms with van der Waals surface area (Å²) in [6.07, 6.45) is -5.44. The molecule has 0 spiro atoms. The van der Waals surface area contributed by atoms with Gasteiger partial charge in [-0.25, -0.2) is 22.0 Å². The van der Waals surface area contributed by atoms with Crippen LogP contribution in [0.2, 0.25) is 0 Å². The van der Waals surface area contributed by atoms with Gasteiger partial charge in [-0.05, 0) is 26.0 Å². The number of carbonyl (C=O) groups is 4. The number of nitrogens with one attached hydrogen (secondary N) is 3. The number of carbonyl (C=O) groups excluding carboxylic acids is 4. The Hall–Kier alpha value is -4.31. The predicted molar refractivity (Wildman–Crippen MR) is 138 cm³/mol. The minimum absolute atomic E-state index is 0.241. The highest BCUT2D eigenvalue weighted by Gasteiger charge is 2.43. The van der Waals surface area contributed by atoms with E-state index < -0.39 is 113 Å². The number of rotatable bonds is 5. The van der Waals surface area contributed by atoms with Gasteiger partial charge in [-0.1, -0.05) is 12.1 Å². The molecule has 0 radical (unpaired) electrons. The van der Waals surface area contributed by atoms with E-state index in [9.17, 15) is 51.3 Å². The quantitative estimate of drug-likeness (QED) is 0.142. The van der Waals surface area contributed by atoms with Crippen LogP contribution in [0.1, 0.15) is 36.2 Å². The Bertz CT molecular complexity index is 1440. The van der Waals surface area contributed by atoms with Crippen LogP contribution in [-0.2, 0) is 30.3 Å². The first-order chi connectivity index (χ1) is 20.7. The molecular weight excluding hydrogens is 601 g/mol. The summed E-state index contributed by atoms with van der Waals surface area (Å²) in [7, 11) is 0. The van der Waals surface area contributed by atoms with Crippen molar-refractivity contribution in [3.8, 4) is 5.75 Å². The third-order valence-corrected chi connectivity index (χ3v) is 7.51. The molecule has 3 amide bonds. The fourth-order valence-electron chi connectivity index (χ4n) is 4.78. The van der Waals surface area contributed by atoms with Crippen LogP contribution in [0.25, 0.3) is 0 Å². The Morgan fingerprint density at radius 3 is 2.11 bits per heavy atom. The summed E-state index contributed by atoms with van der Waals surface area (Å²) in [6, 6.07) is 0.333. The average molecular weight is 630 g/mol. The van der Waals surface area contributed by atoms with Gasteiger partial charge in [-0.15, -0.1) is 0 Å². The maximum absolute atomic E-state index is 14.6. The molecule has 16 heteroatoms. The molecule has 4 rings (SSSR count). The Balaban J connectivity index is 1.75. The molecule has 2 aliphatic heterocycles. The monoisotopic (exact) mass is 629 g/mol. The SMILES string of the molecule is CC1NC(=O)C(C2CCO2)OC(=O)C(C)C(O)C(Cc2c(F)c(F)c(F)c(F)c2F)NC(=O)C1NC(=O)c1ccccc1O. The van der Waals surface area contributed by atoms with Crippen molar-refractivity contribution in [2.75, 3.05) is 6.61 Å². The van der Waals surface area contributed by atoms with E-state index in [0.29, 0.717) is 6.42 Å². The number of hydrogen-bond donors (Lipinski definition) is 5. The fraction of sp³-hybridized carbons (Fsp3) is 0.429. The molecule has 7 unspecified atom stereocenters. The standard InChI is InChI=1S/C28H28F5N3O8/c1-10-23(38)14(9-13-17(29)19(31)21(33)20(32)18(13)30)35-26(40)22(36-25(39)12-5-3-4-6-15(12)37)11(2)34-27(41)24(44-28(10)42)16-7-8-43-16/h3-6,10-11,14,16,22-24,37-38H,7-9H2,1-2H3,(H,34,41)(H,35,40)(H,36,39). The maximum Gasteiger partial charge on any atom is 0.312 e. The number of aromatic hydroxyl groups is 1. The van der Waals surface area contributed by atoms with Gasteiger partial charge in [-0.3, -0.25) is 19.2 Å². The molecule has 0 saturated carbocycles. The summed E-state index contributed by atoms with van der Waals surface area (Å²) in [5.74, 6) is -17.8. The second-order valence-electron chi connectivity index (χ2n) is 10.5. The molecule has 11 nitrogen and oxygen atoms in total. The summed E-state index contributed by atoms with van der Waals surface area (Å²) in [6.45, 7) is 2.61. The van der Waals surface area contributed by atoms with Crippen molar-refractivity contribution < 1.29 is 60.8 Å². The Kier molecular flexibility index (Phi) is 9.73. The first-order valence-electron chi connectivity index (χ1n) is 13.4. The Labute approximate surface area is 246 Å². The topological polar surface area (TPSA) is 163 Å². The molecule has 2 aromatic carbocycles. The zero-order valence-corrected chi connectivity index (χ0v) is 23.2. The van der Waals surface area contributed by atoms with Crippen LogP contribution >= 0.6 is 0 Å². The molecule has 7 atom stereocenters. The number of halogens is 5. The number of phenolic OH excluding ortho intramolecular Hbond substituents is 1. The smallest absolute Gasteiger partial charge is 0.312 e. The summed E-state index contributed by atoms with van der Waals surface area (Å²) in [5.41, 5.74) is -1.67. The number of benzene rings is 2. The number of esters is 1. The van der Waals surface area contributed by atoms with Crippen LogP contribution in [0, 0.1) is 35.0 Å². The van der Waals surface area contributed by atoms with Crippen LogP contribution in [0.3, 0.4) is 0 Å². The minimum Gasteiger partial charge on any atom is -0.507 e. The largest absolute Gasteiger partial charge is 0.507 e. The lowest BCUT2D eigenvalue weighted by Gasteiger charge is -2.37. The molecule has 44 heavy (non-hydrogen) atoms. The summed E-state index contributed by atoms with van der Waals surface area (Å²) < 4.78 is 81.5. The van der Waals surface area contributed by atoms with Crippen LogP contribution in [0.5, 0.6) is 5.75 Å². The van der Waals surface area contributed by atoms with Gasteiger partial charge in [0.1, 0.15) is 17.9 Å². The Morgan fingerprint density at radius 1 is 0.955 bits per heavy atom. The normalized spacial score (nSPS) is 28.0. The lowest BCUT2D eigenvalue weighted by molar-refractivity contribution is -0.184. The molecule has 238 valence electrons. The van der Waals surface area contributed by atoms with E-state index in [4.69, 9.17) is 9.47 Å². The summed E-state index contributed by atoms with van der Waals surface area (Å²) in [4.78, 5) is 52.7. The van der Waals surface area contributed by atoms with Gasteiger partial charge in [0.05, 0.1) is 29.7 Å². The van der Waals surface area contributed by atoms with Gasteiger partial charge >= 0.3 is 5.97 Å². The molecule has 2 fully saturated rings. The number of para-hydroxylation sites is 1. The van der Waals surface area contributed by atoms with Crippen molar-refractivity contribution in [1.29, 1.82) is 0 Å². The lowest BCUT2D eigenvalue weighted by Crippen LogP contribution is -2.63. The lowest BCUT2D eigenvalue weighted by atomic mass is 9.91. The minimum atomic E-state index is -2.43. The Morgan fingerprint density at radius 2 is 1.55 bits per heavy atom. The van der Waals surface area contributed by atoms with Crippen molar-refractivity contribution in [3.05, 3.63) is 64.5 Å². The number of aliphatic hydroxyl groups excluding tert-OH is 1. The van der Waals surface area contributed by atoms with Crippen LogP contribution in [-0.4, -0.2) is 76.9 Å². The molecule has 2 aliphatic rings. The van der Waals surface area contributed by atoms with Gasteiger partial charge in [0.25, 0.3) is 11.8 Å². The third-order valence-electron chi connectivity index (χ3n) is 7.51. The van der Waals surface area contributed by atoms with Crippen LogP contribution in [0.4, 0.5) is 22.0 Å². The first kappa shape index (κ1) is 32.6. The van der Waals surface area contributed by atoms with Gasteiger partial charge in [0.2, 0.25) is 17.8 Å². The van der Waals surface area contributed by atoms with E-state index in [2.05, 4.69) is 16.0 Å². The van der Waals surface area contributed by atoms with Crippen molar-refractivity contribution in [1.82, 2.24) is 16.0 Å². The molecule has 2 heterocycles. The van der Waals surface area contributed by atoms with E-state index >= 15 is 0 Å². The molecule has 0 bridgehead atoms. The number of ether oxygens (including phenoxy) is 2. The molecule has 2 saturated heterocycles. The molecular formula is C28H28F5N3O8. The number of hydrogen-bond acceptors (Lipinski definition) is 8. The third kappa shape index (κ3) is 6.45. The number of cyclic esters (lactones) is 1. The van der Waals surface area contributed by atoms with E-state index in [1.54, 1.807) is 0 Å². The van der Waals surface area contributed by atoms with Gasteiger partial charge in [0.15, 0.2) is 23.3 Å². The fourth-order valence-corrected chi connectivity index (χ4v) is 4.78. The van der Waals surface area contributed by atoms with E-state index in [1.165, 1.54) is 31.2 Å². The summed E-state index contributed by atoms with van der Waals surface area (Å²) >= 11 is 0. The average Bonchev–Trinajstić information content (AvgIpc) is 2.96. The zero-order valence-electron chi connectivity index (χ0n) is 23.2. The maximum atomic E-state index is 14.6. The second kappa shape index (κ2) is 13.1. The van der Waals surface area contributed by atoms with Crippen molar-refractivity contribution in [2.45, 2.75) is 63.1 Å². The highest BCUT2D eigenvalue weighted by atomic mass is 19.2. The molecule has 2 aromatic rings. The van der Waals surface area contributed by atoms with Gasteiger partial charge < -0.3 is 35.6 Å². The number of amides is 3. The van der Waals surface area contributed by atoms with Crippen molar-refractivity contribution >= 4 is 23.7 Å². The van der Waals surface area contributed by atoms with Crippen molar-refractivity contribution in [3.63, 3.8) is 0 Å². The molecule has 0 aromatic heterocycles. The van der Waals surface area contributed by atoms with Crippen LogP contribution < -0.4 is 16.0 Å². The highest BCUT2D eigenvalue weighted by molar-refractivity contribution is 6.00. The highest BCUT2D eigenvalue weighted by Crippen LogP contribution is 2.27.